The van der Waals surface area contributed by atoms with Gasteiger partial charge in [-0.3, -0.25) is 4.79 Å². The van der Waals surface area contributed by atoms with Crippen LogP contribution in [0.5, 0.6) is 0 Å². The maximum absolute atomic E-state index is 10.9. The number of rotatable bonds is 3. The van der Waals surface area contributed by atoms with E-state index in [4.69, 9.17) is 11.5 Å². The van der Waals surface area contributed by atoms with E-state index in [-0.39, 0.29) is 6.54 Å². The van der Waals surface area contributed by atoms with E-state index in [1.807, 2.05) is 0 Å². The SMILES string of the molecule is C#CCNC(=O)[C@@H]1O[C@H]1C(=O)O. The molecule has 0 aromatic rings. The number of carbonyl (C=O) groups excluding carboxylic acids is 1. The summed E-state index contributed by atoms with van der Waals surface area (Å²) in [5.41, 5.74) is 0. The number of nitrogens with one attached hydrogen (secondary N) is 1. The zero-order chi connectivity index (χ0) is 9.14. The molecule has 1 amide bonds. The lowest BCUT2D eigenvalue weighted by atomic mass is 10.3. The minimum absolute atomic E-state index is 0.0883. The molecular formula is C7H7NO4. The molecule has 0 saturated carbocycles. The first kappa shape index (κ1) is 8.56. The number of ether oxygens (including phenoxy) is 1. The number of amides is 1. The second kappa shape index (κ2) is 3.24. The van der Waals surface area contributed by atoms with Crippen molar-refractivity contribution in [3.8, 4) is 12.3 Å². The Bertz CT molecular complexity index is 255. The highest BCUT2D eigenvalue weighted by atomic mass is 16.6. The van der Waals surface area contributed by atoms with Crippen molar-refractivity contribution in [2.75, 3.05) is 6.54 Å². The van der Waals surface area contributed by atoms with Gasteiger partial charge in [0.05, 0.1) is 6.54 Å². The Morgan fingerprint density at radius 3 is 2.67 bits per heavy atom. The highest BCUT2D eigenvalue weighted by molar-refractivity contribution is 5.92. The van der Waals surface area contributed by atoms with Crippen LogP contribution in [0.1, 0.15) is 0 Å². The standard InChI is InChI=1S/C7H7NO4/c1-2-3-8-6(9)4-5(12-4)7(10)11/h1,4-5H,3H2,(H,8,9)(H,10,11)/t4-,5-/m1/s1. The molecule has 0 spiro atoms. The van der Waals surface area contributed by atoms with E-state index in [0.717, 1.165) is 0 Å². The average Bonchev–Trinajstić information content (AvgIpc) is 2.78. The Balaban J connectivity index is 2.29. The molecule has 5 heteroatoms. The van der Waals surface area contributed by atoms with Crippen molar-refractivity contribution in [2.45, 2.75) is 12.2 Å². The van der Waals surface area contributed by atoms with E-state index in [1.54, 1.807) is 0 Å². The summed E-state index contributed by atoms with van der Waals surface area (Å²) >= 11 is 0. The second-order valence-electron chi connectivity index (χ2n) is 2.24. The Morgan fingerprint density at radius 2 is 2.25 bits per heavy atom. The van der Waals surface area contributed by atoms with Crippen LogP contribution in [0, 0.1) is 12.3 Å². The molecule has 0 bridgehead atoms. The maximum Gasteiger partial charge on any atom is 0.336 e. The number of carbonyl (C=O) groups is 2. The van der Waals surface area contributed by atoms with Crippen LogP contribution < -0.4 is 5.32 Å². The molecule has 0 aromatic heterocycles. The minimum Gasteiger partial charge on any atom is -0.479 e. The molecule has 2 N–H and O–H groups in total. The number of terminal acetylenes is 1. The van der Waals surface area contributed by atoms with Crippen LogP contribution in [0.3, 0.4) is 0 Å². The number of hydrogen-bond donors (Lipinski definition) is 2. The summed E-state index contributed by atoms with van der Waals surface area (Å²) in [7, 11) is 0. The summed E-state index contributed by atoms with van der Waals surface area (Å²) in [5.74, 6) is 0.590. The average molecular weight is 169 g/mol. The molecular weight excluding hydrogens is 162 g/mol. The van der Waals surface area contributed by atoms with E-state index in [2.05, 4.69) is 16.0 Å². The third-order valence-electron chi connectivity index (χ3n) is 1.36. The van der Waals surface area contributed by atoms with E-state index in [1.165, 1.54) is 0 Å². The molecule has 5 nitrogen and oxygen atoms in total. The third-order valence-corrected chi connectivity index (χ3v) is 1.36. The van der Waals surface area contributed by atoms with Crippen LogP contribution in [-0.4, -0.2) is 35.7 Å². The van der Waals surface area contributed by atoms with Crippen LogP contribution in [0.2, 0.25) is 0 Å². The zero-order valence-corrected chi connectivity index (χ0v) is 6.11. The molecule has 1 aliphatic rings. The normalized spacial score (nSPS) is 25.6. The topological polar surface area (TPSA) is 78.9 Å². The Kier molecular flexibility index (Phi) is 2.31. The van der Waals surface area contributed by atoms with Gasteiger partial charge >= 0.3 is 5.97 Å². The summed E-state index contributed by atoms with van der Waals surface area (Å²) < 4.78 is 4.56. The van der Waals surface area contributed by atoms with Crippen molar-refractivity contribution in [1.82, 2.24) is 5.32 Å². The molecule has 0 unspecified atom stereocenters. The fourth-order valence-electron chi connectivity index (χ4n) is 0.738. The van der Waals surface area contributed by atoms with Gasteiger partial charge in [-0.1, -0.05) is 5.92 Å². The monoisotopic (exact) mass is 169 g/mol. The molecule has 1 rings (SSSR count). The van der Waals surface area contributed by atoms with Crippen LogP contribution in [0.25, 0.3) is 0 Å². The highest BCUT2D eigenvalue weighted by Gasteiger charge is 2.50. The molecule has 1 heterocycles. The predicted molar refractivity (Wildman–Crippen MR) is 38.1 cm³/mol. The van der Waals surface area contributed by atoms with Crippen molar-refractivity contribution in [2.24, 2.45) is 0 Å². The van der Waals surface area contributed by atoms with Crippen molar-refractivity contribution < 1.29 is 19.4 Å². The Morgan fingerprint density at radius 1 is 1.58 bits per heavy atom. The van der Waals surface area contributed by atoms with Gasteiger partial charge in [-0.2, -0.15) is 0 Å². The third kappa shape index (κ3) is 1.74. The summed E-state index contributed by atoms with van der Waals surface area (Å²) in [6.45, 7) is 0.0883. The molecule has 0 radical (unpaired) electrons. The van der Waals surface area contributed by atoms with Gasteiger partial charge < -0.3 is 15.2 Å². The zero-order valence-electron chi connectivity index (χ0n) is 6.11. The number of hydrogen-bond acceptors (Lipinski definition) is 3. The van der Waals surface area contributed by atoms with Crippen molar-refractivity contribution >= 4 is 11.9 Å². The smallest absolute Gasteiger partial charge is 0.336 e. The van der Waals surface area contributed by atoms with E-state index in [9.17, 15) is 9.59 Å². The largest absolute Gasteiger partial charge is 0.479 e. The first-order chi connectivity index (χ1) is 5.66. The van der Waals surface area contributed by atoms with Gasteiger partial charge in [-0.15, -0.1) is 6.42 Å². The molecule has 2 atom stereocenters. The van der Waals surface area contributed by atoms with Crippen molar-refractivity contribution in [1.29, 1.82) is 0 Å². The van der Waals surface area contributed by atoms with Gasteiger partial charge in [-0.05, 0) is 0 Å². The van der Waals surface area contributed by atoms with Gasteiger partial charge in [0.15, 0.2) is 12.2 Å². The number of carboxylic acids is 1. The first-order valence-corrected chi connectivity index (χ1v) is 3.26. The van der Waals surface area contributed by atoms with Gasteiger partial charge in [-0.25, -0.2) is 4.79 Å². The molecule has 64 valence electrons. The van der Waals surface area contributed by atoms with Crippen molar-refractivity contribution in [3.05, 3.63) is 0 Å². The van der Waals surface area contributed by atoms with E-state index < -0.39 is 24.1 Å². The molecule has 12 heavy (non-hydrogen) atoms. The Hall–Kier alpha value is -1.54. The first-order valence-electron chi connectivity index (χ1n) is 3.26. The minimum atomic E-state index is -1.13. The maximum atomic E-state index is 10.9. The van der Waals surface area contributed by atoms with Gasteiger partial charge in [0, 0.05) is 0 Å². The second-order valence-corrected chi connectivity index (χ2v) is 2.24. The molecule has 1 aliphatic heterocycles. The van der Waals surface area contributed by atoms with E-state index in [0.29, 0.717) is 0 Å². The van der Waals surface area contributed by atoms with Gasteiger partial charge in [0.2, 0.25) is 0 Å². The van der Waals surface area contributed by atoms with E-state index >= 15 is 0 Å². The molecule has 1 saturated heterocycles. The number of aliphatic carboxylic acids is 1. The molecule has 0 aromatic carbocycles. The van der Waals surface area contributed by atoms with Crippen LogP contribution in [0.15, 0.2) is 0 Å². The number of carboxylic acid groups (broad SMARTS) is 1. The van der Waals surface area contributed by atoms with Crippen LogP contribution in [0.4, 0.5) is 0 Å². The summed E-state index contributed by atoms with van der Waals surface area (Å²) in [4.78, 5) is 21.1. The predicted octanol–water partition coefficient (Wildman–Crippen LogP) is -1.41. The lowest BCUT2D eigenvalue weighted by Gasteiger charge is -1.94. The van der Waals surface area contributed by atoms with Crippen LogP contribution >= 0.6 is 0 Å². The van der Waals surface area contributed by atoms with Crippen molar-refractivity contribution in [3.63, 3.8) is 0 Å². The summed E-state index contributed by atoms with van der Waals surface area (Å²) in [6.07, 6.45) is 3.01. The molecule has 1 fully saturated rings. The fraction of sp³-hybridized carbons (Fsp3) is 0.429. The highest BCUT2D eigenvalue weighted by Crippen LogP contribution is 2.21. The fourth-order valence-corrected chi connectivity index (χ4v) is 0.738. The number of epoxide rings is 1. The summed E-state index contributed by atoms with van der Waals surface area (Å²) in [5, 5.41) is 10.7. The summed E-state index contributed by atoms with van der Waals surface area (Å²) in [6, 6.07) is 0. The molecule has 0 aliphatic carbocycles. The van der Waals surface area contributed by atoms with Gasteiger partial charge in [0.25, 0.3) is 5.91 Å². The quantitative estimate of drug-likeness (QED) is 0.401. The lowest BCUT2D eigenvalue weighted by Crippen LogP contribution is -2.30. The van der Waals surface area contributed by atoms with Gasteiger partial charge in [0.1, 0.15) is 0 Å². The Labute approximate surface area is 68.7 Å². The van der Waals surface area contributed by atoms with Crippen LogP contribution in [-0.2, 0) is 14.3 Å². The lowest BCUT2D eigenvalue weighted by molar-refractivity contribution is -0.138.